The van der Waals surface area contributed by atoms with Gasteiger partial charge in [0.2, 0.25) is 0 Å². The van der Waals surface area contributed by atoms with Crippen LogP contribution < -0.4 is 9.47 Å². The Bertz CT molecular complexity index is 441. The fraction of sp³-hybridized carbons (Fsp3) is 0.571. The van der Waals surface area contributed by atoms with Gasteiger partial charge in [0.25, 0.3) is 0 Å². The normalized spacial score (nSPS) is 13.8. The molecular weight excluding hydrogens is 326 g/mol. The van der Waals surface area contributed by atoms with Crippen LogP contribution in [0.15, 0.2) is 16.6 Å². The van der Waals surface area contributed by atoms with Gasteiger partial charge in [0.1, 0.15) is 13.2 Å². The van der Waals surface area contributed by atoms with Gasteiger partial charge in [-0.15, -0.1) is 0 Å². The number of rotatable bonds is 7. The van der Waals surface area contributed by atoms with E-state index in [4.69, 9.17) is 19.3 Å². The summed E-state index contributed by atoms with van der Waals surface area (Å²) in [6.07, 6.45) is 0. The van der Waals surface area contributed by atoms with E-state index < -0.39 is 0 Å². The largest absolute Gasteiger partial charge is 0.486 e. The van der Waals surface area contributed by atoms with Crippen molar-refractivity contribution in [3.8, 4) is 11.5 Å². The van der Waals surface area contributed by atoms with Crippen molar-refractivity contribution in [2.24, 2.45) is 0 Å². The monoisotopic (exact) mass is 345 g/mol. The smallest absolute Gasteiger partial charge is 0.162 e. The molecule has 1 aromatic rings. The Kier molecular flexibility index (Phi) is 6.09. The van der Waals surface area contributed by atoms with Crippen molar-refractivity contribution in [3.63, 3.8) is 0 Å². The van der Waals surface area contributed by atoms with E-state index in [1.54, 1.807) is 7.11 Å². The van der Waals surface area contributed by atoms with Crippen LogP contribution in [0.5, 0.6) is 11.5 Å². The van der Waals surface area contributed by atoms with Crippen LogP contribution in [0.2, 0.25) is 0 Å². The topological polar surface area (TPSA) is 51.2 Å². The molecule has 0 aromatic heterocycles. The molecule has 112 valence electrons. The first-order chi connectivity index (χ1) is 9.74. The SMILES string of the molecule is COCCN(CCO)Cc1cc2c(cc1Br)OCCO2. The molecule has 6 heteroatoms. The lowest BCUT2D eigenvalue weighted by molar-refractivity contribution is 0.126. The highest BCUT2D eigenvalue weighted by molar-refractivity contribution is 9.10. The van der Waals surface area contributed by atoms with E-state index in [2.05, 4.69) is 20.8 Å². The van der Waals surface area contributed by atoms with E-state index in [0.29, 0.717) is 26.4 Å². The highest BCUT2D eigenvalue weighted by atomic mass is 79.9. The number of hydrogen-bond acceptors (Lipinski definition) is 5. The number of methoxy groups -OCH3 is 1. The van der Waals surface area contributed by atoms with Crippen molar-refractivity contribution in [2.75, 3.05) is 46.6 Å². The molecule has 1 aliphatic rings. The second kappa shape index (κ2) is 7.83. The summed E-state index contributed by atoms with van der Waals surface area (Å²) in [7, 11) is 1.68. The first-order valence-corrected chi connectivity index (χ1v) is 7.44. The number of halogens is 1. The van der Waals surface area contributed by atoms with E-state index in [1.165, 1.54) is 0 Å². The molecule has 0 amide bonds. The molecule has 0 radical (unpaired) electrons. The number of hydrogen-bond donors (Lipinski definition) is 1. The summed E-state index contributed by atoms with van der Waals surface area (Å²) in [5, 5.41) is 9.14. The lowest BCUT2D eigenvalue weighted by Crippen LogP contribution is -2.30. The van der Waals surface area contributed by atoms with Crippen LogP contribution in [-0.4, -0.2) is 56.6 Å². The van der Waals surface area contributed by atoms with Crippen LogP contribution in [-0.2, 0) is 11.3 Å². The molecule has 1 heterocycles. The summed E-state index contributed by atoms with van der Waals surface area (Å²) in [4.78, 5) is 2.14. The van der Waals surface area contributed by atoms with E-state index in [0.717, 1.165) is 34.6 Å². The lowest BCUT2D eigenvalue weighted by Gasteiger charge is -2.24. The summed E-state index contributed by atoms with van der Waals surface area (Å²) in [5.74, 6) is 1.56. The number of aliphatic hydroxyl groups excluding tert-OH is 1. The molecule has 0 aliphatic carbocycles. The van der Waals surface area contributed by atoms with Gasteiger partial charge in [-0.1, -0.05) is 15.9 Å². The maximum atomic E-state index is 9.14. The van der Waals surface area contributed by atoms with Crippen LogP contribution in [0.25, 0.3) is 0 Å². The predicted molar refractivity (Wildman–Crippen MR) is 79.4 cm³/mol. The summed E-state index contributed by atoms with van der Waals surface area (Å²) in [6.45, 7) is 4.05. The molecule has 1 N–H and O–H groups in total. The summed E-state index contributed by atoms with van der Waals surface area (Å²) >= 11 is 3.57. The third-order valence-corrected chi connectivity index (χ3v) is 3.87. The van der Waals surface area contributed by atoms with Crippen LogP contribution in [0.1, 0.15) is 5.56 Å². The molecular formula is C14H20BrNO4. The van der Waals surface area contributed by atoms with Gasteiger partial charge in [-0.05, 0) is 17.7 Å². The number of ether oxygens (including phenoxy) is 3. The molecule has 2 rings (SSSR count). The first-order valence-electron chi connectivity index (χ1n) is 6.64. The minimum Gasteiger partial charge on any atom is -0.486 e. The van der Waals surface area contributed by atoms with Crippen molar-refractivity contribution in [1.82, 2.24) is 4.90 Å². The van der Waals surface area contributed by atoms with Crippen molar-refractivity contribution < 1.29 is 19.3 Å². The summed E-state index contributed by atoms with van der Waals surface area (Å²) in [6, 6.07) is 3.94. The Hall–Kier alpha value is -0.820. The van der Waals surface area contributed by atoms with Crippen LogP contribution in [0.3, 0.4) is 0 Å². The minimum absolute atomic E-state index is 0.131. The standard InChI is InChI=1S/C14H20BrNO4/c1-18-5-3-16(2-4-17)10-11-8-13-14(9-12(11)15)20-7-6-19-13/h8-9,17H,2-7,10H2,1H3. The van der Waals surface area contributed by atoms with E-state index >= 15 is 0 Å². The molecule has 0 bridgehead atoms. The zero-order valence-corrected chi connectivity index (χ0v) is 13.2. The highest BCUT2D eigenvalue weighted by Crippen LogP contribution is 2.35. The van der Waals surface area contributed by atoms with Gasteiger partial charge in [0.05, 0.1) is 13.2 Å². The van der Waals surface area contributed by atoms with Gasteiger partial charge >= 0.3 is 0 Å². The van der Waals surface area contributed by atoms with Gasteiger partial charge in [0.15, 0.2) is 11.5 Å². The van der Waals surface area contributed by atoms with Gasteiger partial charge in [-0.3, -0.25) is 4.90 Å². The summed E-state index contributed by atoms with van der Waals surface area (Å²) < 4.78 is 17.2. The highest BCUT2D eigenvalue weighted by Gasteiger charge is 2.16. The third kappa shape index (κ3) is 4.09. The third-order valence-electron chi connectivity index (χ3n) is 3.13. The maximum absolute atomic E-state index is 9.14. The molecule has 0 spiro atoms. The molecule has 0 fully saturated rings. The average Bonchev–Trinajstić information content (AvgIpc) is 2.45. The molecule has 1 aliphatic heterocycles. The van der Waals surface area contributed by atoms with E-state index in [9.17, 15) is 0 Å². The number of aliphatic hydroxyl groups is 1. The first kappa shape index (κ1) is 15.6. The van der Waals surface area contributed by atoms with Crippen LogP contribution in [0, 0.1) is 0 Å². The Balaban J connectivity index is 2.10. The maximum Gasteiger partial charge on any atom is 0.162 e. The number of benzene rings is 1. The lowest BCUT2D eigenvalue weighted by atomic mass is 10.1. The molecule has 0 saturated heterocycles. The zero-order valence-electron chi connectivity index (χ0n) is 11.6. The zero-order chi connectivity index (χ0) is 14.4. The Morgan fingerprint density at radius 1 is 1.25 bits per heavy atom. The van der Waals surface area contributed by atoms with E-state index in [-0.39, 0.29) is 6.61 Å². The molecule has 20 heavy (non-hydrogen) atoms. The van der Waals surface area contributed by atoms with Crippen molar-refractivity contribution in [2.45, 2.75) is 6.54 Å². The minimum atomic E-state index is 0.131. The molecule has 0 atom stereocenters. The predicted octanol–water partition coefficient (Wildman–Crippen LogP) is 1.66. The van der Waals surface area contributed by atoms with Crippen molar-refractivity contribution >= 4 is 15.9 Å². The quantitative estimate of drug-likeness (QED) is 0.814. The number of fused-ring (bicyclic) bond motifs is 1. The van der Waals surface area contributed by atoms with Gasteiger partial charge in [-0.2, -0.15) is 0 Å². The van der Waals surface area contributed by atoms with Crippen LogP contribution in [0.4, 0.5) is 0 Å². The van der Waals surface area contributed by atoms with Crippen molar-refractivity contribution in [1.29, 1.82) is 0 Å². The second-order valence-electron chi connectivity index (χ2n) is 4.58. The number of nitrogens with zero attached hydrogens (tertiary/aromatic N) is 1. The van der Waals surface area contributed by atoms with Gasteiger partial charge < -0.3 is 19.3 Å². The van der Waals surface area contributed by atoms with Gasteiger partial charge in [0, 0.05) is 31.2 Å². The average molecular weight is 346 g/mol. The van der Waals surface area contributed by atoms with Crippen LogP contribution >= 0.6 is 15.9 Å². The molecule has 5 nitrogen and oxygen atoms in total. The Morgan fingerprint density at radius 3 is 2.60 bits per heavy atom. The Morgan fingerprint density at radius 2 is 1.95 bits per heavy atom. The molecule has 1 aromatic carbocycles. The van der Waals surface area contributed by atoms with Crippen molar-refractivity contribution in [3.05, 3.63) is 22.2 Å². The van der Waals surface area contributed by atoms with Gasteiger partial charge in [-0.25, -0.2) is 0 Å². The second-order valence-corrected chi connectivity index (χ2v) is 5.43. The fourth-order valence-corrected chi connectivity index (χ4v) is 2.55. The Labute approximate surface area is 127 Å². The van der Waals surface area contributed by atoms with E-state index in [1.807, 2.05) is 12.1 Å². The fourth-order valence-electron chi connectivity index (χ4n) is 2.10. The summed E-state index contributed by atoms with van der Waals surface area (Å²) in [5.41, 5.74) is 1.11. The molecule has 0 unspecified atom stereocenters. The molecule has 0 saturated carbocycles.